The van der Waals surface area contributed by atoms with Crippen LogP contribution in [0.5, 0.6) is 0 Å². The van der Waals surface area contributed by atoms with Crippen LogP contribution in [0.1, 0.15) is 39.0 Å². The summed E-state index contributed by atoms with van der Waals surface area (Å²) in [5.41, 5.74) is 3.51. The molecule has 0 nitrogen and oxygen atoms in total. The molecule has 2 saturated carbocycles. The third-order valence-corrected chi connectivity index (χ3v) is 3.92. The van der Waals surface area contributed by atoms with Crippen molar-refractivity contribution in [3.8, 4) is 0 Å². The van der Waals surface area contributed by atoms with Crippen molar-refractivity contribution in [3.05, 3.63) is 76.0 Å². The zero-order valence-electron chi connectivity index (χ0n) is 15.4. The van der Waals surface area contributed by atoms with E-state index in [1.54, 1.807) is 0 Å². The molecule has 0 atom stereocenters. The maximum absolute atomic E-state index is 3.51. The maximum Gasteiger partial charge on any atom is 0 e. The summed E-state index contributed by atoms with van der Waals surface area (Å²) in [6.45, 7) is 9.24. The average Bonchev–Trinajstić information content (AvgIpc) is 3.20. The van der Waals surface area contributed by atoms with Gasteiger partial charge in [0, 0.05) is 21.7 Å². The van der Waals surface area contributed by atoms with Gasteiger partial charge in [-0.2, -0.15) is 0 Å². The summed E-state index contributed by atoms with van der Waals surface area (Å²) in [5, 5.41) is 0. The minimum atomic E-state index is -1.03. The van der Waals surface area contributed by atoms with Crippen LogP contribution in [0, 0.1) is 69.9 Å². The largest absolute Gasteiger partial charge is 0.502 e. The fourth-order valence-electron chi connectivity index (χ4n) is 1.69. The molecule has 126 valence electrons. The molecule has 0 heterocycles. The van der Waals surface area contributed by atoms with E-state index in [1.807, 2.05) is 64.2 Å². The van der Waals surface area contributed by atoms with Gasteiger partial charge in [0.15, 0.2) is 0 Å². The van der Waals surface area contributed by atoms with Gasteiger partial charge in [-0.25, -0.2) is 0 Å². The summed E-state index contributed by atoms with van der Waals surface area (Å²) in [7, 11) is -1.03. The van der Waals surface area contributed by atoms with Crippen LogP contribution in [0.15, 0.2) is 6.08 Å². The molecule has 2 heteroatoms. The Morgan fingerprint density at radius 2 is 1.09 bits per heavy atom. The van der Waals surface area contributed by atoms with Gasteiger partial charge in [0.25, 0.3) is 0 Å². The number of unbranched alkanes of at least 4 members (excludes halogenated alkanes) is 4. The van der Waals surface area contributed by atoms with Crippen molar-refractivity contribution < 1.29 is 21.7 Å². The van der Waals surface area contributed by atoms with Crippen LogP contribution in [0.4, 0.5) is 0 Å². The van der Waals surface area contributed by atoms with Crippen molar-refractivity contribution >= 4 is 8.07 Å². The van der Waals surface area contributed by atoms with E-state index in [9.17, 15) is 0 Å². The molecule has 2 rings (SSSR count). The first-order valence-corrected chi connectivity index (χ1v) is 12.0. The minimum absolute atomic E-state index is 0. The maximum atomic E-state index is 3.51. The molecular formula is C21H33SiTi-. The van der Waals surface area contributed by atoms with Gasteiger partial charge in [-0.1, -0.05) is 58.7 Å². The van der Waals surface area contributed by atoms with Crippen molar-refractivity contribution in [1.82, 2.24) is 0 Å². The van der Waals surface area contributed by atoms with Gasteiger partial charge in [-0.3, -0.25) is 6.08 Å². The van der Waals surface area contributed by atoms with Crippen LogP contribution < -0.4 is 0 Å². The van der Waals surface area contributed by atoms with Gasteiger partial charge in [0.05, 0.1) is 0 Å². The summed E-state index contributed by atoms with van der Waals surface area (Å²) in [5.74, 6) is 0. The van der Waals surface area contributed by atoms with Gasteiger partial charge in [0.2, 0.25) is 0 Å². The van der Waals surface area contributed by atoms with Crippen LogP contribution in [0.2, 0.25) is 19.6 Å². The molecule has 0 aromatic heterocycles. The Morgan fingerprint density at radius 1 is 0.696 bits per heavy atom. The fourth-order valence-corrected chi connectivity index (χ4v) is 2.45. The predicted octanol–water partition coefficient (Wildman–Crippen LogP) is 6.23. The second-order valence-corrected chi connectivity index (χ2v) is 11.2. The monoisotopic (exact) mass is 361 g/mol. The van der Waals surface area contributed by atoms with Crippen molar-refractivity contribution in [2.24, 2.45) is 0 Å². The molecular weight excluding hydrogens is 328 g/mol. The van der Waals surface area contributed by atoms with Gasteiger partial charge >= 0.3 is 0 Å². The Labute approximate surface area is 164 Å². The topological polar surface area (TPSA) is 0 Å². The van der Waals surface area contributed by atoms with Gasteiger partial charge in [-0.05, 0) is 64.2 Å². The van der Waals surface area contributed by atoms with Crippen LogP contribution in [0.3, 0.4) is 0 Å². The third-order valence-electron chi connectivity index (χ3n) is 2.85. The van der Waals surface area contributed by atoms with E-state index in [2.05, 4.69) is 38.3 Å². The van der Waals surface area contributed by atoms with Crippen molar-refractivity contribution in [1.29, 1.82) is 0 Å². The van der Waals surface area contributed by atoms with Gasteiger partial charge in [-0.15, -0.1) is 8.07 Å². The van der Waals surface area contributed by atoms with E-state index in [0.29, 0.717) is 0 Å². The molecule has 0 N–H and O–H groups in total. The number of allylic oxidation sites excluding steroid dienone is 1. The summed E-state index contributed by atoms with van der Waals surface area (Å²) < 4.78 is 0. The molecule has 2 aliphatic carbocycles. The molecule has 0 spiro atoms. The second-order valence-electron chi connectivity index (χ2n) is 6.37. The molecule has 0 aromatic rings. The van der Waals surface area contributed by atoms with Crippen LogP contribution >= 0.6 is 0 Å². The molecule has 2 fully saturated rings. The van der Waals surface area contributed by atoms with Gasteiger partial charge in [0.1, 0.15) is 0 Å². The fraction of sp³-hybridized carbons (Fsp3) is 0.429. The quantitative estimate of drug-likeness (QED) is 0.299. The predicted molar refractivity (Wildman–Crippen MR) is 103 cm³/mol. The minimum Gasteiger partial charge on any atom is -0.502 e. The van der Waals surface area contributed by atoms with E-state index in [1.165, 1.54) is 32.1 Å². The average molecular weight is 361 g/mol. The smallest absolute Gasteiger partial charge is 0 e. The third kappa shape index (κ3) is 25.0. The molecule has 0 bridgehead atoms. The van der Waals surface area contributed by atoms with Crippen LogP contribution in [-0.4, -0.2) is 8.07 Å². The van der Waals surface area contributed by atoms with Crippen LogP contribution in [-0.2, 0) is 21.7 Å². The van der Waals surface area contributed by atoms with E-state index < -0.39 is 8.07 Å². The van der Waals surface area contributed by atoms with E-state index in [4.69, 9.17) is 0 Å². The first-order valence-electron chi connectivity index (χ1n) is 8.49. The molecule has 10 radical (unpaired) electrons. The second kappa shape index (κ2) is 19.0. The standard InChI is InChI=1S/C11H23Si.2C5H5.Ti/c1-5-6-7-8-9-10-11-12(2,3)4;2*1-2-4-5-3-1;/h10H,5-9H2,1-4H3;2*1-5H;/q-1;;;. The van der Waals surface area contributed by atoms with E-state index in [-0.39, 0.29) is 21.7 Å². The summed E-state index contributed by atoms with van der Waals surface area (Å²) in [4.78, 5) is 0. The number of hydrogen-bond acceptors (Lipinski definition) is 0. The molecule has 0 unspecified atom stereocenters. The van der Waals surface area contributed by atoms with Crippen molar-refractivity contribution in [2.75, 3.05) is 0 Å². The number of hydrogen-bond donors (Lipinski definition) is 0. The number of rotatable bonds is 6. The zero-order chi connectivity index (χ0) is 16.5. The van der Waals surface area contributed by atoms with Crippen molar-refractivity contribution in [3.63, 3.8) is 0 Å². The Morgan fingerprint density at radius 3 is 1.39 bits per heavy atom. The Balaban J connectivity index is 0. The van der Waals surface area contributed by atoms with E-state index in [0.717, 1.165) is 0 Å². The Kier molecular flexibility index (Phi) is 21.4. The molecule has 2 aliphatic rings. The zero-order valence-corrected chi connectivity index (χ0v) is 17.9. The Hall–Kier alpha value is 0.671. The van der Waals surface area contributed by atoms with Crippen molar-refractivity contribution in [2.45, 2.75) is 58.7 Å². The molecule has 0 saturated heterocycles. The first-order chi connectivity index (χ1) is 10.6. The molecule has 0 amide bonds. The van der Waals surface area contributed by atoms with E-state index >= 15 is 0 Å². The molecule has 0 aromatic carbocycles. The summed E-state index contributed by atoms with van der Waals surface area (Å²) in [6, 6.07) is 0. The normalized spacial score (nSPS) is 17.0. The summed E-state index contributed by atoms with van der Waals surface area (Å²) >= 11 is 0. The SMILES string of the molecule is CCCCCCC=[C-][Si](C)(C)C.[CH]1[CH][CH][CH][CH]1.[CH]1[CH][CH][CH][CH]1.[Ti]. The molecule has 0 aliphatic heterocycles. The van der Waals surface area contributed by atoms with Gasteiger partial charge < -0.3 is 5.70 Å². The Bertz CT molecular complexity index is 209. The molecule has 23 heavy (non-hydrogen) atoms. The first kappa shape index (κ1) is 25.9. The van der Waals surface area contributed by atoms with Crippen LogP contribution in [0.25, 0.3) is 0 Å². The summed E-state index contributed by atoms with van der Waals surface area (Å²) in [6.07, 6.45) is 29.0.